The monoisotopic (exact) mass is 118 g/mol. The van der Waals surface area contributed by atoms with Gasteiger partial charge in [-0.05, 0) is 12.1 Å². The molecule has 1 heterocycles. The first-order valence-electron chi connectivity index (χ1n) is 2.65. The lowest BCUT2D eigenvalue weighted by Gasteiger charge is -1.85. The molecule has 2 heteroatoms. The van der Waals surface area contributed by atoms with E-state index in [0.29, 0.717) is 6.54 Å². The maximum Gasteiger partial charge on any atom is 0.241 e. The molecule has 1 rings (SSSR count). The summed E-state index contributed by atoms with van der Waals surface area (Å²) >= 11 is 0. The molecule has 0 spiro atoms. The van der Waals surface area contributed by atoms with E-state index >= 15 is 0 Å². The van der Waals surface area contributed by atoms with Crippen LogP contribution in [-0.4, -0.2) is 4.98 Å². The van der Waals surface area contributed by atoms with Crippen molar-refractivity contribution in [2.45, 2.75) is 6.54 Å². The van der Waals surface area contributed by atoms with Gasteiger partial charge in [-0.15, -0.1) is 0 Å². The van der Waals surface area contributed by atoms with Gasteiger partial charge < -0.3 is 4.85 Å². The number of hydrogen-bond acceptors (Lipinski definition) is 1. The average Bonchev–Trinajstić information content (AvgIpc) is 1.91. The van der Waals surface area contributed by atoms with Gasteiger partial charge in [-0.1, -0.05) is 0 Å². The summed E-state index contributed by atoms with van der Waals surface area (Å²) in [6.45, 7) is 6.98. The summed E-state index contributed by atoms with van der Waals surface area (Å²) < 4.78 is 0. The number of rotatable bonds is 1. The van der Waals surface area contributed by atoms with Crippen molar-refractivity contribution >= 4 is 0 Å². The predicted octanol–water partition coefficient (Wildman–Crippen LogP) is 1.50. The van der Waals surface area contributed by atoms with Crippen molar-refractivity contribution in [2.75, 3.05) is 0 Å². The Balaban J connectivity index is 2.76. The van der Waals surface area contributed by atoms with Crippen molar-refractivity contribution in [3.63, 3.8) is 0 Å². The molecular weight excluding hydrogens is 112 g/mol. The Kier molecular flexibility index (Phi) is 1.81. The molecule has 0 saturated heterocycles. The maximum atomic E-state index is 6.54. The van der Waals surface area contributed by atoms with Gasteiger partial charge in [0.15, 0.2) is 0 Å². The normalized spacial score (nSPS) is 8.33. The molecule has 0 aliphatic heterocycles. The van der Waals surface area contributed by atoms with Crippen LogP contribution in [0.15, 0.2) is 24.5 Å². The van der Waals surface area contributed by atoms with E-state index in [1.54, 1.807) is 12.4 Å². The molecule has 0 amide bonds. The molecule has 0 bridgehead atoms. The van der Waals surface area contributed by atoms with E-state index in [4.69, 9.17) is 6.57 Å². The van der Waals surface area contributed by atoms with Gasteiger partial charge in [0, 0.05) is 18.0 Å². The fourth-order valence-corrected chi connectivity index (χ4v) is 0.583. The van der Waals surface area contributed by atoms with E-state index < -0.39 is 0 Å². The van der Waals surface area contributed by atoms with Crippen molar-refractivity contribution in [3.8, 4) is 0 Å². The molecular formula is C7H6N2. The van der Waals surface area contributed by atoms with E-state index in [-0.39, 0.29) is 0 Å². The van der Waals surface area contributed by atoms with E-state index in [9.17, 15) is 0 Å². The Labute approximate surface area is 54.0 Å². The van der Waals surface area contributed by atoms with Crippen LogP contribution in [0.25, 0.3) is 4.85 Å². The van der Waals surface area contributed by atoms with Crippen molar-refractivity contribution in [3.05, 3.63) is 41.5 Å². The summed E-state index contributed by atoms with van der Waals surface area (Å²) in [7, 11) is 0. The Morgan fingerprint density at radius 2 is 2.56 bits per heavy atom. The van der Waals surface area contributed by atoms with Crippen molar-refractivity contribution in [1.29, 1.82) is 0 Å². The standard InChI is InChI=1S/C7H6N2/c1-8-5-7-3-2-4-9-6-7/h2-4,6H,5H2. The second-order valence-electron chi connectivity index (χ2n) is 1.68. The van der Waals surface area contributed by atoms with Crippen LogP contribution in [0.4, 0.5) is 0 Å². The lowest BCUT2D eigenvalue weighted by Crippen LogP contribution is -1.78. The first-order chi connectivity index (χ1) is 4.43. The molecule has 1 aromatic heterocycles. The number of nitrogens with zero attached hydrogens (tertiary/aromatic N) is 2. The summed E-state index contributed by atoms with van der Waals surface area (Å²) in [5.41, 5.74) is 0.979. The molecule has 0 fully saturated rings. The van der Waals surface area contributed by atoms with Gasteiger partial charge in [-0.2, -0.15) is 0 Å². The summed E-state index contributed by atoms with van der Waals surface area (Å²) in [6, 6.07) is 3.73. The van der Waals surface area contributed by atoms with E-state index in [1.165, 1.54) is 0 Å². The minimum atomic E-state index is 0.438. The summed E-state index contributed by atoms with van der Waals surface area (Å²) in [5.74, 6) is 0. The number of aromatic nitrogens is 1. The van der Waals surface area contributed by atoms with Crippen LogP contribution in [0.1, 0.15) is 5.56 Å². The molecule has 0 N–H and O–H groups in total. The van der Waals surface area contributed by atoms with Crippen LogP contribution < -0.4 is 0 Å². The highest BCUT2D eigenvalue weighted by Crippen LogP contribution is 1.95. The molecule has 0 unspecified atom stereocenters. The lowest BCUT2D eigenvalue weighted by atomic mass is 10.3. The van der Waals surface area contributed by atoms with Crippen LogP contribution in [-0.2, 0) is 6.54 Å². The highest BCUT2D eigenvalue weighted by Gasteiger charge is 1.89. The van der Waals surface area contributed by atoms with Gasteiger partial charge >= 0.3 is 0 Å². The zero-order valence-corrected chi connectivity index (χ0v) is 4.91. The van der Waals surface area contributed by atoms with Crippen LogP contribution in [0.5, 0.6) is 0 Å². The Morgan fingerprint density at radius 3 is 3.11 bits per heavy atom. The highest BCUT2D eigenvalue weighted by atomic mass is 14.7. The van der Waals surface area contributed by atoms with Gasteiger partial charge in [0.2, 0.25) is 6.54 Å². The zero-order chi connectivity index (χ0) is 6.53. The fourth-order valence-electron chi connectivity index (χ4n) is 0.583. The lowest BCUT2D eigenvalue weighted by molar-refractivity contribution is 1.19. The third-order valence-corrected chi connectivity index (χ3v) is 0.984. The van der Waals surface area contributed by atoms with E-state index in [2.05, 4.69) is 9.83 Å². The quantitative estimate of drug-likeness (QED) is 0.511. The molecule has 0 aliphatic carbocycles. The fraction of sp³-hybridized carbons (Fsp3) is 0.143. The van der Waals surface area contributed by atoms with Gasteiger partial charge in [-0.25, -0.2) is 6.57 Å². The molecule has 0 atom stereocenters. The van der Waals surface area contributed by atoms with E-state index in [1.807, 2.05) is 12.1 Å². The third kappa shape index (κ3) is 1.54. The minimum Gasteiger partial charge on any atom is -0.312 e. The van der Waals surface area contributed by atoms with Crippen LogP contribution >= 0.6 is 0 Å². The largest absolute Gasteiger partial charge is 0.312 e. The molecule has 0 aromatic carbocycles. The second-order valence-corrected chi connectivity index (χ2v) is 1.68. The smallest absolute Gasteiger partial charge is 0.241 e. The second kappa shape index (κ2) is 2.83. The zero-order valence-electron chi connectivity index (χ0n) is 4.91. The van der Waals surface area contributed by atoms with Crippen LogP contribution in [0.3, 0.4) is 0 Å². The topological polar surface area (TPSA) is 17.2 Å². The molecule has 44 valence electrons. The maximum absolute atomic E-state index is 6.54. The summed E-state index contributed by atoms with van der Waals surface area (Å²) in [5, 5.41) is 0. The number of hydrogen-bond donors (Lipinski definition) is 0. The Bertz CT molecular complexity index is 210. The summed E-state index contributed by atoms with van der Waals surface area (Å²) in [4.78, 5) is 7.08. The molecule has 1 aromatic rings. The Morgan fingerprint density at radius 1 is 1.67 bits per heavy atom. The van der Waals surface area contributed by atoms with Crippen molar-refractivity contribution in [1.82, 2.24) is 4.98 Å². The van der Waals surface area contributed by atoms with Crippen molar-refractivity contribution in [2.24, 2.45) is 0 Å². The highest BCUT2D eigenvalue weighted by molar-refractivity contribution is 5.09. The molecule has 2 nitrogen and oxygen atoms in total. The first-order valence-corrected chi connectivity index (χ1v) is 2.65. The molecule has 9 heavy (non-hydrogen) atoms. The molecule has 0 radical (unpaired) electrons. The van der Waals surface area contributed by atoms with Gasteiger partial charge in [0.25, 0.3) is 0 Å². The average molecular weight is 118 g/mol. The third-order valence-electron chi connectivity index (χ3n) is 0.984. The minimum absolute atomic E-state index is 0.438. The predicted molar refractivity (Wildman–Crippen MR) is 34.5 cm³/mol. The van der Waals surface area contributed by atoms with Crippen LogP contribution in [0, 0.1) is 6.57 Å². The van der Waals surface area contributed by atoms with Crippen LogP contribution in [0.2, 0.25) is 0 Å². The Hall–Kier alpha value is -1.36. The first kappa shape index (κ1) is 5.77. The SMILES string of the molecule is [C-]#[N+]Cc1cccnc1. The van der Waals surface area contributed by atoms with Gasteiger partial charge in [0.05, 0.1) is 0 Å². The van der Waals surface area contributed by atoms with Gasteiger partial charge in [-0.3, -0.25) is 4.98 Å². The van der Waals surface area contributed by atoms with Crippen molar-refractivity contribution < 1.29 is 0 Å². The van der Waals surface area contributed by atoms with Gasteiger partial charge in [0.1, 0.15) is 0 Å². The van der Waals surface area contributed by atoms with E-state index in [0.717, 1.165) is 5.56 Å². The number of pyridine rings is 1. The summed E-state index contributed by atoms with van der Waals surface area (Å²) in [6.07, 6.45) is 3.41. The molecule has 0 saturated carbocycles. The molecule has 0 aliphatic rings.